The number of nitrogens with one attached hydrogen (secondary N) is 1. The highest BCUT2D eigenvalue weighted by atomic mass is 32.2. The van der Waals surface area contributed by atoms with E-state index in [4.69, 9.17) is 4.74 Å². The van der Waals surface area contributed by atoms with Gasteiger partial charge in [-0.15, -0.1) is 0 Å². The van der Waals surface area contributed by atoms with E-state index in [9.17, 15) is 14.4 Å². The first-order valence-electron chi connectivity index (χ1n) is 7.81. The van der Waals surface area contributed by atoms with Crippen molar-refractivity contribution in [1.82, 2.24) is 4.90 Å². The van der Waals surface area contributed by atoms with Gasteiger partial charge in [-0.05, 0) is 47.7 Å². The molecule has 1 aliphatic heterocycles. The monoisotopic (exact) mass is 368 g/mol. The Morgan fingerprint density at radius 1 is 1.12 bits per heavy atom. The molecule has 0 spiro atoms. The van der Waals surface area contributed by atoms with E-state index < -0.39 is 17.1 Å². The molecule has 7 heteroatoms. The van der Waals surface area contributed by atoms with E-state index in [1.54, 1.807) is 61.7 Å². The maximum absolute atomic E-state index is 12.4. The van der Waals surface area contributed by atoms with Gasteiger partial charge in [0, 0.05) is 5.69 Å². The van der Waals surface area contributed by atoms with Gasteiger partial charge < -0.3 is 10.1 Å². The van der Waals surface area contributed by atoms with Gasteiger partial charge in [-0.25, -0.2) is 0 Å². The van der Waals surface area contributed by atoms with Gasteiger partial charge in [0.2, 0.25) is 5.91 Å². The number of imide groups is 1. The number of thioether (sulfide) groups is 1. The molecule has 1 heterocycles. The number of benzene rings is 2. The average Bonchev–Trinajstić information content (AvgIpc) is 2.90. The first kappa shape index (κ1) is 17.8. The second kappa shape index (κ2) is 7.88. The number of ether oxygens (including phenoxy) is 1. The van der Waals surface area contributed by atoms with Crippen molar-refractivity contribution in [3.8, 4) is 5.75 Å². The highest BCUT2D eigenvalue weighted by Gasteiger charge is 2.36. The van der Waals surface area contributed by atoms with Gasteiger partial charge in [-0.1, -0.05) is 30.3 Å². The van der Waals surface area contributed by atoms with Crippen molar-refractivity contribution in [2.75, 3.05) is 19.0 Å². The molecule has 1 N–H and O–H groups in total. The molecule has 6 nitrogen and oxygen atoms in total. The lowest BCUT2D eigenvalue weighted by molar-refractivity contribution is -0.127. The SMILES string of the molecule is COc1ccc(C=C2SC(=O)N(CC(=O)Nc3ccccc3)C2=O)cc1. The number of methoxy groups -OCH3 is 1. The lowest BCUT2D eigenvalue weighted by Crippen LogP contribution is -2.36. The van der Waals surface area contributed by atoms with Crippen molar-refractivity contribution < 1.29 is 19.1 Å². The molecule has 1 fully saturated rings. The van der Waals surface area contributed by atoms with Crippen LogP contribution in [0.1, 0.15) is 5.56 Å². The van der Waals surface area contributed by atoms with Crippen LogP contribution in [0.3, 0.4) is 0 Å². The molecule has 0 atom stereocenters. The lowest BCUT2D eigenvalue weighted by Gasteiger charge is -2.12. The van der Waals surface area contributed by atoms with Crippen LogP contribution in [0.5, 0.6) is 5.75 Å². The molecule has 0 aliphatic carbocycles. The molecule has 2 aromatic carbocycles. The average molecular weight is 368 g/mol. The Kier molecular flexibility index (Phi) is 5.38. The summed E-state index contributed by atoms with van der Waals surface area (Å²) in [5, 5.41) is 2.20. The number of anilines is 1. The Hall–Kier alpha value is -3.06. The number of hydrogen-bond acceptors (Lipinski definition) is 5. The van der Waals surface area contributed by atoms with E-state index in [0.717, 1.165) is 22.2 Å². The summed E-state index contributed by atoms with van der Waals surface area (Å²) in [6.07, 6.45) is 1.62. The molecule has 132 valence electrons. The number of carbonyl (C=O) groups is 3. The topological polar surface area (TPSA) is 75.7 Å². The van der Waals surface area contributed by atoms with Crippen LogP contribution in [0.15, 0.2) is 59.5 Å². The Bertz CT molecular complexity index is 863. The molecule has 0 unspecified atom stereocenters. The minimum Gasteiger partial charge on any atom is -0.497 e. The number of nitrogens with zero attached hydrogens (tertiary/aromatic N) is 1. The quantitative estimate of drug-likeness (QED) is 0.819. The van der Waals surface area contributed by atoms with E-state index in [1.165, 1.54) is 0 Å². The van der Waals surface area contributed by atoms with Crippen LogP contribution in [0.2, 0.25) is 0 Å². The zero-order chi connectivity index (χ0) is 18.5. The summed E-state index contributed by atoms with van der Waals surface area (Å²) in [6.45, 7) is -0.320. The first-order valence-corrected chi connectivity index (χ1v) is 8.63. The minimum atomic E-state index is -0.473. The van der Waals surface area contributed by atoms with E-state index in [0.29, 0.717) is 11.4 Å². The molecule has 1 saturated heterocycles. The van der Waals surface area contributed by atoms with Crippen LogP contribution in [-0.2, 0) is 9.59 Å². The zero-order valence-electron chi connectivity index (χ0n) is 14.0. The molecule has 0 saturated carbocycles. The van der Waals surface area contributed by atoms with Crippen LogP contribution in [-0.4, -0.2) is 35.6 Å². The number of hydrogen-bond donors (Lipinski definition) is 1. The molecular formula is C19H16N2O4S. The Morgan fingerprint density at radius 3 is 2.46 bits per heavy atom. The lowest BCUT2D eigenvalue weighted by atomic mass is 10.2. The summed E-state index contributed by atoms with van der Waals surface area (Å²) in [6, 6.07) is 16.0. The van der Waals surface area contributed by atoms with Crippen LogP contribution >= 0.6 is 11.8 Å². The third-order valence-electron chi connectivity index (χ3n) is 3.65. The standard InChI is InChI=1S/C19H16N2O4S/c1-25-15-9-7-13(8-10-15)11-16-18(23)21(19(24)26-16)12-17(22)20-14-5-3-2-4-6-14/h2-11H,12H2,1H3,(H,20,22). The normalized spacial score (nSPS) is 15.4. The fraction of sp³-hybridized carbons (Fsp3) is 0.105. The summed E-state index contributed by atoms with van der Waals surface area (Å²) < 4.78 is 5.09. The summed E-state index contributed by atoms with van der Waals surface area (Å²) in [5.41, 5.74) is 1.38. The van der Waals surface area contributed by atoms with Gasteiger partial charge in [0.1, 0.15) is 12.3 Å². The molecule has 0 bridgehead atoms. The van der Waals surface area contributed by atoms with Crippen LogP contribution < -0.4 is 10.1 Å². The molecule has 3 rings (SSSR count). The number of para-hydroxylation sites is 1. The minimum absolute atomic E-state index is 0.285. The van der Waals surface area contributed by atoms with Crippen molar-refractivity contribution in [2.24, 2.45) is 0 Å². The van der Waals surface area contributed by atoms with Gasteiger partial charge >= 0.3 is 0 Å². The molecule has 1 aliphatic rings. The largest absolute Gasteiger partial charge is 0.497 e. The van der Waals surface area contributed by atoms with E-state index >= 15 is 0 Å². The van der Waals surface area contributed by atoms with E-state index in [-0.39, 0.29) is 11.4 Å². The van der Waals surface area contributed by atoms with Crippen molar-refractivity contribution in [3.05, 3.63) is 65.1 Å². The van der Waals surface area contributed by atoms with Gasteiger partial charge in [-0.2, -0.15) is 0 Å². The zero-order valence-corrected chi connectivity index (χ0v) is 14.8. The maximum Gasteiger partial charge on any atom is 0.294 e. The smallest absolute Gasteiger partial charge is 0.294 e. The molecule has 2 aromatic rings. The van der Waals surface area contributed by atoms with Gasteiger partial charge in [-0.3, -0.25) is 19.3 Å². The van der Waals surface area contributed by atoms with Crippen molar-refractivity contribution >= 4 is 40.6 Å². The van der Waals surface area contributed by atoms with Crippen molar-refractivity contribution in [3.63, 3.8) is 0 Å². The van der Waals surface area contributed by atoms with Crippen molar-refractivity contribution in [1.29, 1.82) is 0 Å². The van der Waals surface area contributed by atoms with Gasteiger partial charge in [0.15, 0.2) is 0 Å². The van der Waals surface area contributed by atoms with E-state index in [2.05, 4.69) is 5.32 Å². The van der Waals surface area contributed by atoms with Gasteiger partial charge in [0.25, 0.3) is 11.1 Å². The Morgan fingerprint density at radius 2 is 1.81 bits per heavy atom. The highest BCUT2D eigenvalue weighted by Crippen LogP contribution is 2.32. The number of amides is 3. The summed E-state index contributed by atoms with van der Waals surface area (Å²) in [5.74, 6) is -0.198. The number of carbonyl (C=O) groups excluding carboxylic acids is 3. The highest BCUT2D eigenvalue weighted by molar-refractivity contribution is 8.18. The Labute approximate surface area is 154 Å². The predicted molar refractivity (Wildman–Crippen MR) is 101 cm³/mol. The summed E-state index contributed by atoms with van der Waals surface area (Å²) in [7, 11) is 1.57. The molecule has 3 amide bonds. The van der Waals surface area contributed by atoms with Crippen LogP contribution in [0, 0.1) is 0 Å². The van der Waals surface area contributed by atoms with Crippen LogP contribution in [0.4, 0.5) is 10.5 Å². The van der Waals surface area contributed by atoms with E-state index in [1.807, 2.05) is 6.07 Å². The first-order chi connectivity index (χ1) is 12.6. The van der Waals surface area contributed by atoms with Gasteiger partial charge in [0.05, 0.1) is 12.0 Å². The molecule has 0 aromatic heterocycles. The van der Waals surface area contributed by atoms with Crippen molar-refractivity contribution in [2.45, 2.75) is 0 Å². The number of rotatable bonds is 5. The fourth-order valence-electron chi connectivity index (χ4n) is 2.35. The summed E-state index contributed by atoms with van der Waals surface area (Å²) >= 11 is 0.822. The third-order valence-corrected chi connectivity index (χ3v) is 4.55. The maximum atomic E-state index is 12.4. The second-order valence-corrected chi connectivity index (χ2v) is 6.45. The predicted octanol–water partition coefficient (Wildman–Crippen LogP) is 3.37. The van der Waals surface area contributed by atoms with Crippen LogP contribution in [0.25, 0.3) is 6.08 Å². The molecule has 0 radical (unpaired) electrons. The third kappa shape index (κ3) is 4.12. The fourth-order valence-corrected chi connectivity index (χ4v) is 3.19. The molecule has 26 heavy (non-hydrogen) atoms. The second-order valence-electron chi connectivity index (χ2n) is 5.46. The summed E-state index contributed by atoms with van der Waals surface area (Å²) in [4.78, 5) is 37.9. The Balaban J connectivity index is 1.68. The molecular weight excluding hydrogens is 352 g/mol.